The van der Waals surface area contributed by atoms with Gasteiger partial charge in [-0.2, -0.15) is 0 Å². The van der Waals surface area contributed by atoms with Crippen molar-refractivity contribution in [3.8, 4) is 0 Å². The van der Waals surface area contributed by atoms with Crippen molar-refractivity contribution in [1.29, 1.82) is 0 Å². The normalized spacial score (nSPS) is 25.5. The fraction of sp³-hybridized carbons (Fsp3) is 0.609. The molecule has 156 valence electrons. The quantitative estimate of drug-likeness (QED) is 0.596. The first-order chi connectivity index (χ1) is 14.1. The van der Waals surface area contributed by atoms with E-state index in [1.54, 1.807) is 0 Å². The van der Waals surface area contributed by atoms with Crippen molar-refractivity contribution in [2.24, 2.45) is 23.9 Å². The topological polar surface area (TPSA) is 67.1 Å². The Hall–Kier alpha value is -2.37. The van der Waals surface area contributed by atoms with Crippen LogP contribution in [0.1, 0.15) is 68.7 Å². The van der Waals surface area contributed by atoms with E-state index in [1.807, 2.05) is 18.5 Å². The number of nitrogens with zero attached hydrogens (tertiary/aromatic N) is 4. The first-order valence-electron chi connectivity index (χ1n) is 11.1. The lowest BCUT2D eigenvalue weighted by Gasteiger charge is -2.33. The van der Waals surface area contributed by atoms with E-state index in [2.05, 4.69) is 58.1 Å². The molecule has 2 aromatic rings. The molecule has 6 heteroatoms. The molecule has 4 rings (SSSR count). The fourth-order valence-electron chi connectivity index (χ4n) is 4.93. The summed E-state index contributed by atoms with van der Waals surface area (Å²) in [6, 6.07) is 11.2. The number of aliphatic imine (C=N–C) groups is 1. The van der Waals surface area contributed by atoms with Gasteiger partial charge in [-0.05, 0) is 50.5 Å². The maximum Gasteiger partial charge on any atom is 0.192 e. The van der Waals surface area contributed by atoms with E-state index in [0.29, 0.717) is 12.6 Å². The van der Waals surface area contributed by atoms with Crippen molar-refractivity contribution in [3.63, 3.8) is 0 Å². The first-order valence-corrected chi connectivity index (χ1v) is 11.1. The van der Waals surface area contributed by atoms with Crippen LogP contribution >= 0.6 is 0 Å². The number of guanidine groups is 1. The van der Waals surface area contributed by atoms with Crippen LogP contribution in [0, 0.1) is 18.8 Å². The van der Waals surface area contributed by atoms with Crippen LogP contribution in [0.5, 0.6) is 0 Å². The second kappa shape index (κ2) is 8.97. The highest BCUT2D eigenvalue weighted by molar-refractivity contribution is 5.80. The van der Waals surface area contributed by atoms with E-state index >= 15 is 0 Å². The van der Waals surface area contributed by atoms with Gasteiger partial charge >= 0.3 is 0 Å². The summed E-state index contributed by atoms with van der Waals surface area (Å²) in [6.07, 6.45) is 8.12. The minimum absolute atomic E-state index is 0.187. The number of fused-ring (bicyclic) bond motifs is 1. The molecule has 0 amide bonds. The smallest absolute Gasteiger partial charge is 0.192 e. The Morgan fingerprint density at radius 2 is 1.93 bits per heavy atom. The Kier molecular flexibility index (Phi) is 6.16. The van der Waals surface area contributed by atoms with Crippen LogP contribution in [0.25, 0.3) is 0 Å². The van der Waals surface area contributed by atoms with Crippen LogP contribution < -0.4 is 10.6 Å². The minimum Gasteiger partial charge on any atom is -0.354 e. The summed E-state index contributed by atoms with van der Waals surface area (Å²) in [5, 5.41) is 15.8. The molecule has 0 radical (unpaired) electrons. The van der Waals surface area contributed by atoms with Crippen LogP contribution in [0.2, 0.25) is 0 Å². The highest BCUT2D eigenvalue weighted by Crippen LogP contribution is 2.42. The number of aryl methyl sites for hydroxylation is 1. The molecule has 2 saturated carbocycles. The molecule has 2 aliphatic rings. The number of hydrogen-bond donors (Lipinski definition) is 2. The number of nitrogens with one attached hydrogen (secondary N) is 2. The highest BCUT2D eigenvalue weighted by atomic mass is 15.3. The van der Waals surface area contributed by atoms with Gasteiger partial charge in [0.2, 0.25) is 0 Å². The Morgan fingerprint density at radius 1 is 1.14 bits per heavy atom. The number of rotatable bonds is 5. The molecule has 2 aliphatic carbocycles. The SMILES string of the molecule is Cc1nnc(CN=C(NC2CCC3CCCC3C2)NC(C)c2ccccc2)n1C. The molecule has 0 spiro atoms. The highest BCUT2D eigenvalue weighted by Gasteiger charge is 2.34. The monoisotopic (exact) mass is 394 g/mol. The third-order valence-corrected chi connectivity index (χ3v) is 6.84. The number of benzene rings is 1. The zero-order chi connectivity index (χ0) is 20.2. The lowest BCUT2D eigenvalue weighted by molar-refractivity contribution is 0.239. The molecule has 4 atom stereocenters. The largest absolute Gasteiger partial charge is 0.354 e. The molecule has 4 unspecified atom stereocenters. The number of aromatic nitrogens is 3. The summed E-state index contributed by atoms with van der Waals surface area (Å²) in [6.45, 7) is 4.68. The molecule has 0 aliphatic heterocycles. The van der Waals surface area contributed by atoms with E-state index in [0.717, 1.165) is 29.4 Å². The van der Waals surface area contributed by atoms with Crippen molar-refractivity contribution in [1.82, 2.24) is 25.4 Å². The van der Waals surface area contributed by atoms with Crippen molar-refractivity contribution in [2.45, 2.75) is 71.0 Å². The lowest BCUT2D eigenvalue weighted by atomic mass is 9.79. The van der Waals surface area contributed by atoms with Crippen molar-refractivity contribution < 1.29 is 0 Å². The minimum atomic E-state index is 0.187. The molecular formula is C23H34N6. The van der Waals surface area contributed by atoms with Gasteiger partial charge < -0.3 is 15.2 Å². The number of hydrogen-bond acceptors (Lipinski definition) is 3. The van der Waals surface area contributed by atoms with Crippen molar-refractivity contribution in [3.05, 3.63) is 47.5 Å². The van der Waals surface area contributed by atoms with Crippen LogP contribution in [-0.2, 0) is 13.6 Å². The van der Waals surface area contributed by atoms with E-state index in [9.17, 15) is 0 Å². The summed E-state index contributed by atoms with van der Waals surface area (Å²) < 4.78 is 2.01. The van der Waals surface area contributed by atoms with Crippen LogP contribution in [-0.4, -0.2) is 26.8 Å². The molecule has 0 saturated heterocycles. The van der Waals surface area contributed by atoms with Gasteiger partial charge in [-0.25, -0.2) is 4.99 Å². The third kappa shape index (κ3) is 4.80. The Bertz CT molecular complexity index is 827. The van der Waals surface area contributed by atoms with Gasteiger partial charge in [0.05, 0.1) is 6.04 Å². The molecule has 2 N–H and O–H groups in total. The van der Waals surface area contributed by atoms with E-state index in [-0.39, 0.29) is 6.04 Å². The summed E-state index contributed by atoms with van der Waals surface area (Å²) in [7, 11) is 1.99. The van der Waals surface area contributed by atoms with Gasteiger partial charge in [-0.15, -0.1) is 10.2 Å². The average molecular weight is 395 g/mol. The van der Waals surface area contributed by atoms with Crippen molar-refractivity contribution in [2.75, 3.05) is 0 Å². The van der Waals surface area contributed by atoms with Gasteiger partial charge in [-0.3, -0.25) is 0 Å². The predicted molar refractivity (Wildman–Crippen MR) is 116 cm³/mol. The molecule has 0 bridgehead atoms. The van der Waals surface area contributed by atoms with E-state index in [1.165, 1.54) is 44.1 Å². The molecule has 2 fully saturated rings. The van der Waals surface area contributed by atoms with Gasteiger partial charge in [-0.1, -0.05) is 49.6 Å². The average Bonchev–Trinajstić information content (AvgIpc) is 3.33. The molecule has 1 aromatic carbocycles. The summed E-state index contributed by atoms with van der Waals surface area (Å²) in [5.74, 6) is 4.54. The Morgan fingerprint density at radius 3 is 2.69 bits per heavy atom. The van der Waals surface area contributed by atoms with E-state index in [4.69, 9.17) is 4.99 Å². The van der Waals surface area contributed by atoms with Gasteiger partial charge in [0, 0.05) is 13.1 Å². The summed E-state index contributed by atoms with van der Waals surface area (Å²) >= 11 is 0. The van der Waals surface area contributed by atoms with Gasteiger partial charge in [0.15, 0.2) is 11.8 Å². The van der Waals surface area contributed by atoms with E-state index < -0.39 is 0 Å². The maximum atomic E-state index is 4.88. The van der Waals surface area contributed by atoms with Crippen LogP contribution in [0.3, 0.4) is 0 Å². The second-order valence-electron chi connectivity index (χ2n) is 8.77. The second-order valence-corrected chi connectivity index (χ2v) is 8.77. The summed E-state index contributed by atoms with van der Waals surface area (Å²) in [4.78, 5) is 4.88. The molecule has 1 aromatic heterocycles. The maximum absolute atomic E-state index is 4.88. The molecule has 6 nitrogen and oxygen atoms in total. The lowest BCUT2D eigenvalue weighted by Crippen LogP contribution is -2.46. The third-order valence-electron chi connectivity index (χ3n) is 6.84. The summed E-state index contributed by atoms with van der Waals surface area (Å²) in [5.41, 5.74) is 1.26. The predicted octanol–water partition coefficient (Wildman–Crippen LogP) is 3.89. The van der Waals surface area contributed by atoms with Crippen molar-refractivity contribution >= 4 is 5.96 Å². The van der Waals surface area contributed by atoms with Gasteiger partial charge in [0.25, 0.3) is 0 Å². The van der Waals surface area contributed by atoms with Crippen LogP contribution in [0.4, 0.5) is 0 Å². The van der Waals surface area contributed by atoms with Gasteiger partial charge in [0.1, 0.15) is 12.4 Å². The fourth-order valence-corrected chi connectivity index (χ4v) is 4.93. The standard InChI is InChI=1S/C23H34N6/c1-16(18-8-5-4-6-9-18)25-23(24-15-22-28-27-17(2)29(22)3)26-21-13-12-19-10-7-11-20(19)14-21/h4-6,8-9,16,19-21H,7,10-15H2,1-3H3,(H2,24,25,26). The Balaban J connectivity index is 1.46. The molecular weight excluding hydrogens is 360 g/mol. The Labute approximate surface area is 174 Å². The van der Waals surface area contributed by atoms with Crippen LogP contribution in [0.15, 0.2) is 35.3 Å². The first kappa shape index (κ1) is 19.9. The molecule has 1 heterocycles. The zero-order valence-electron chi connectivity index (χ0n) is 17.9. The molecule has 29 heavy (non-hydrogen) atoms. The zero-order valence-corrected chi connectivity index (χ0v) is 17.9.